The third-order valence-electron chi connectivity index (χ3n) is 4.30. The number of aromatic nitrogens is 1. The van der Waals surface area contributed by atoms with Gasteiger partial charge in [-0.1, -0.05) is 6.07 Å². The average Bonchev–Trinajstić information content (AvgIpc) is 2.50. The monoisotopic (exact) mass is 304 g/mol. The van der Waals surface area contributed by atoms with Gasteiger partial charge in [0.2, 0.25) is 11.8 Å². The summed E-state index contributed by atoms with van der Waals surface area (Å²) in [6.07, 6.45) is 4.73. The molecule has 120 valence electrons. The number of rotatable bonds is 6. The minimum Gasteiger partial charge on any atom is -0.347 e. The van der Waals surface area contributed by atoms with E-state index in [4.69, 9.17) is 5.73 Å². The standard InChI is InChI=1S/C16H24N4O2/c1-19(2)15(22)16(9-11-20(16)14(21)12-17)8-5-7-13-6-3-4-10-18-13/h3-4,6,10H,5,7-9,11-12,17H2,1-2H3/t16-/m1/s1. The van der Waals surface area contributed by atoms with Crippen LogP contribution in [0, 0.1) is 0 Å². The van der Waals surface area contributed by atoms with Crippen LogP contribution in [0.15, 0.2) is 24.4 Å². The summed E-state index contributed by atoms with van der Waals surface area (Å²) < 4.78 is 0. The van der Waals surface area contributed by atoms with Crippen LogP contribution in [0.4, 0.5) is 0 Å². The van der Waals surface area contributed by atoms with Gasteiger partial charge in [-0.3, -0.25) is 14.6 Å². The molecule has 0 aliphatic carbocycles. The van der Waals surface area contributed by atoms with Crippen molar-refractivity contribution in [2.75, 3.05) is 27.2 Å². The van der Waals surface area contributed by atoms with E-state index < -0.39 is 5.54 Å². The van der Waals surface area contributed by atoms with E-state index in [1.807, 2.05) is 18.2 Å². The molecule has 1 aliphatic heterocycles. The topological polar surface area (TPSA) is 79.5 Å². The molecule has 2 heterocycles. The fourth-order valence-electron chi connectivity index (χ4n) is 3.08. The molecule has 0 aromatic carbocycles. The van der Waals surface area contributed by atoms with Gasteiger partial charge in [-0.05, 0) is 37.8 Å². The molecule has 1 atom stereocenters. The minimum absolute atomic E-state index is 0.0124. The molecule has 2 N–H and O–H groups in total. The van der Waals surface area contributed by atoms with Gasteiger partial charge >= 0.3 is 0 Å². The quantitative estimate of drug-likeness (QED) is 0.826. The molecule has 1 aromatic rings. The molecule has 1 fully saturated rings. The first-order valence-corrected chi connectivity index (χ1v) is 7.63. The van der Waals surface area contributed by atoms with Crippen molar-refractivity contribution >= 4 is 11.8 Å². The second-order valence-electron chi connectivity index (χ2n) is 5.91. The fourth-order valence-corrected chi connectivity index (χ4v) is 3.08. The predicted octanol–water partition coefficient (Wildman–Crippen LogP) is 0.422. The number of likely N-dealkylation sites (tertiary alicyclic amines) is 1. The molecule has 0 radical (unpaired) electrons. The van der Waals surface area contributed by atoms with Crippen molar-refractivity contribution in [3.8, 4) is 0 Å². The Bertz CT molecular complexity index is 532. The van der Waals surface area contributed by atoms with Crippen molar-refractivity contribution in [2.24, 2.45) is 5.73 Å². The number of pyridine rings is 1. The van der Waals surface area contributed by atoms with Crippen LogP contribution in [0.5, 0.6) is 0 Å². The maximum Gasteiger partial charge on any atom is 0.248 e. The van der Waals surface area contributed by atoms with E-state index >= 15 is 0 Å². The second-order valence-corrected chi connectivity index (χ2v) is 5.91. The normalized spacial score (nSPS) is 20.4. The smallest absolute Gasteiger partial charge is 0.248 e. The van der Waals surface area contributed by atoms with Gasteiger partial charge in [-0.15, -0.1) is 0 Å². The molecule has 2 rings (SSSR count). The van der Waals surface area contributed by atoms with Crippen molar-refractivity contribution in [1.82, 2.24) is 14.8 Å². The van der Waals surface area contributed by atoms with Gasteiger partial charge in [-0.25, -0.2) is 0 Å². The Hall–Kier alpha value is -1.95. The van der Waals surface area contributed by atoms with Crippen LogP contribution in [-0.2, 0) is 16.0 Å². The van der Waals surface area contributed by atoms with Gasteiger partial charge in [0.15, 0.2) is 0 Å². The van der Waals surface area contributed by atoms with E-state index in [0.717, 1.165) is 18.5 Å². The van der Waals surface area contributed by atoms with Crippen molar-refractivity contribution < 1.29 is 9.59 Å². The summed E-state index contributed by atoms with van der Waals surface area (Å²) in [6.45, 7) is 0.557. The van der Waals surface area contributed by atoms with E-state index in [1.165, 1.54) is 0 Å². The molecule has 0 bridgehead atoms. The lowest BCUT2D eigenvalue weighted by Crippen LogP contribution is -2.69. The summed E-state index contributed by atoms with van der Waals surface area (Å²) in [7, 11) is 3.46. The number of hydrogen-bond acceptors (Lipinski definition) is 4. The fraction of sp³-hybridized carbons (Fsp3) is 0.562. The Balaban J connectivity index is 2.06. The lowest BCUT2D eigenvalue weighted by molar-refractivity contribution is -0.164. The zero-order valence-corrected chi connectivity index (χ0v) is 13.3. The van der Waals surface area contributed by atoms with Crippen molar-refractivity contribution in [2.45, 2.75) is 31.2 Å². The first-order chi connectivity index (χ1) is 10.5. The van der Waals surface area contributed by atoms with Crippen LogP contribution in [0.3, 0.4) is 0 Å². The summed E-state index contributed by atoms with van der Waals surface area (Å²) in [6, 6.07) is 5.81. The summed E-state index contributed by atoms with van der Waals surface area (Å²) >= 11 is 0. The third kappa shape index (κ3) is 3.11. The van der Waals surface area contributed by atoms with Crippen LogP contribution in [0.1, 0.15) is 25.0 Å². The molecule has 1 aromatic heterocycles. The molecule has 1 saturated heterocycles. The molecule has 1 aliphatic rings. The molecule has 0 unspecified atom stereocenters. The zero-order chi connectivity index (χ0) is 16.2. The number of amides is 2. The van der Waals surface area contributed by atoms with E-state index in [-0.39, 0.29) is 18.4 Å². The Morgan fingerprint density at radius 2 is 2.18 bits per heavy atom. The highest BCUT2D eigenvalue weighted by atomic mass is 16.2. The van der Waals surface area contributed by atoms with Crippen LogP contribution in [-0.4, -0.2) is 59.3 Å². The Morgan fingerprint density at radius 3 is 2.68 bits per heavy atom. The minimum atomic E-state index is -0.714. The average molecular weight is 304 g/mol. The molecule has 22 heavy (non-hydrogen) atoms. The maximum absolute atomic E-state index is 12.6. The van der Waals surface area contributed by atoms with Gasteiger partial charge in [0.25, 0.3) is 0 Å². The van der Waals surface area contributed by atoms with Gasteiger partial charge in [0.1, 0.15) is 5.54 Å². The van der Waals surface area contributed by atoms with E-state index in [2.05, 4.69) is 4.98 Å². The third-order valence-corrected chi connectivity index (χ3v) is 4.30. The molecule has 2 amide bonds. The summed E-state index contributed by atoms with van der Waals surface area (Å²) in [5.41, 5.74) is 5.77. The van der Waals surface area contributed by atoms with E-state index in [0.29, 0.717) is 19.4 Å². The highest BCUT2D eigenvalue weighted by molar-refractivity contribution is 5.93. The van der Waals surface area contributed by atoms with E-state index in [9.17, 15) is 9.59 Å². The van der Waals surface area contributed by atoms with Gasteiger partial charge in [0, 0.05) is 32.5 Å². The number of carbonyl (C=O) groups is 2. The summed E-state index contributed by atoms with van der Waals surface area (Å²) in [5.74, 6) is -0.166. The van der Waals surface area contributed by atoms with Crippen LogP contribution in [0.25, 0.3) is 0 Å². The van der Waals surface area contributed by atoms with Gasteiger partial charge in [-0.2, -0.15) is 0 Å². The molecule has 0 saturated carbocycles. The number of nitrogens with two attached hydrogens (primary N) is 1. The Morgan fingerprint density at radius 1 is 1.41 bits per heavy atom. The molecule has 0 spiro atoms. The largest absolute Gasteiger partial charge is 0.347 e. The number of likely N-dealkylation sites (N-methyl/N-ethyl adjacent to an activating group) is 1. The van der Waals surface area contributed by atoms with Crippen molar-refractivity contribution in [3.63, 3.8) is 0 Å². The molecular formula is C16H24N4O2. The van der Waals surface area contributed by atoms with Crippen LogP contribution in [0.2, 0.25) is 0 Å². The molecular weight excluding hydrogens is 280 g/mol. The maximum atomic E-state index is 12.6. The lowest BCUT2D eigenvalue weighted by Gasteiger charge is -2.52. The number of aryl methyl sites for hydroxylation is 1. The van der Waals surface area contributed by atoms with Crippen molar-refractivity contribution in [1.29, 1.82) is 0 Å². The van der Waals surface area contributed by atoms with Crippen LogP contribution < -0.4 is 5.73 Å². The SMILES string of the molecule is CN(C)C(=O)[C@@]1(CCCc2ccccn2)CCN1C(=O)CN. The summed E-state index contributed by atoms with van der Waals surface area (Å²) in [4.78, 5) is 32.1. The molecule has 6 nitrogen and oxygen atoms in total. The number of hydrogen-bond donors (Lipinski definition) is 1. The predicted molar refractivity (Wildman–Crippen MR) is 84.0 cm³/mol. The first kappa shape index (κ1) is 16.4. The Kier molecular flexibility index (Phi) is 5.13. The van der Waals surface area contributed by atoms with Gasteiger partial charge in [0.05, 0.1) is 6.54 Å². The lowest BCUT2D eigenvalue weighted by atomic mass is 9.78. The van der Waals surface area contributed by atoms with Gasteiger partial charge < -0.3 is 15.5 Å². The summed E-state index contributed by atoms with van der Waals surface area (Å²) in [5, 5.41) is 0. The second kappa shape index (κ2) is 6.87. The number of nitrogens with zero attached hydrogens (tertiary/aromatic N) is 3. The van der Waals surface area contributed by atoms with Crippen LogP contribution >= 0.6 is 0 Å². The van der Waals surface area contributed by atoms with E-state index in [1.54, 1.807) is 30.1 Å². The molecule has 6 heteroatoms. The Labute approximate surface area is 131 Å². The zero-order valence-electron chi connectivity index (χ0n) is 13.3. The first-order valence-electron chi connectivity index (χ1n) is 7.63. The number of carbonyl (C=O) groups excluding carboxylic acids is 2. The van der Waals surface area contributed by atoms with Crippen molar-refractivity contribution in [3.05, 3.63) is 30.1 Å². The highest BCUT2D eigenvalue weighted by Crippen LogP contribution is 2.37. The highest BCUT2D eigenvalue weighted by Gasteiger charge is 2.52.